The monoisotopic (exact) mass is 157 g/mol. The Morgan fingerprint density at radius 1 is 1.09 bits per heavy atom. The molecule has 0 saturated carbocycles. The van der Waals surface area contributed by atoms with Crippen molar-refractivity contribution in [2.24, 2.45) is 11.8 Å². The van der Waals surface area contributed by atoms with Crippen LogP contribution in [0.3, 0.4) is 0 Å². The predicted octanol–water partition coefficient (Wildman–Crippen LogP) is 3.27. The van der Waals surface area contributed by atoms with Gasteiger partial charge in [-0.25, -0.2) is 5.11 Å². The fraction of sp³-hybridized carbons (Fsp3) is 1.00. The van der Waals surface area contributed by atoms with Crippen molar-refractivity contribution in [1.82, 2.24) is 0 Å². The molecule has 0 spiro atoms. The van der Waals surface area contributed by atoms with Crippen molar-refractivity contribution in [2.45, 2.75) is 46.5 Å². The van der Waals surface area contributed by atoms with E-state index in [1.54, 1.807) is 0 Å². The first kappa shape index (κ1) is 11.0. The van der Waals surface area contributed by atoms with Crippen LogP contribution >= 0.6 is 0 Å². The zero-order valence-electron chi connectivity index (χ0n) is 8.10. The molecular weight excluding hydrogens is 136 g/mol. The van der Waals surface area contributed by atoms with E-state index in [-0.39, 0.29) is 6.61 Å². The van der Waals surface area contributed by atoms with E-state index >= 15 is 0 Å². The van der Waals surface area contributed by atoms with Crippen LogP contribution in [-0.4, -0.2) is 6.61 Å². The van der Waals surface area contributed by atoms with Gasteiger partial charge in [-0.15, -0.1) is 0 Å². The van der Waals surface area contributed by atoms with Crippen molar-refractivity contribution in [1.29, 1.82) is 0 Å². The molecule has 0 aromatic heterocycles. The van der Waals surface area contributed by atoms with Gasteiger partial charge in [-0.1, -0.05) is 33.6 Å². The van der Waals surface area contributed by atoms with E-state index in [1.807, 2.05) is 0 Å². The summed E-state index contributed by atoms with van der Waals surface area (Å²) < 4.78 is 0. The van der Waals surface area contributed by atoms with Crippen LogP contribution in [0, 0.1) is 11.8 Å². The topological polar surface area (TPSA) is 19.9 Å². The highest BCUT2D eigenvalue weighted by molar-refractivity contribution is 4.58. The molecule has 0 aromatic rings. The van der Waals surface area contributed by atoms with Gasteiger partial charge in [0, 0.05) is 0 Å². The van der Waals surface area contributed by atoms with E-state index in [0.29, 0.717) is 5.92 Å². The van der Waals surface area contributed by atoms with Crippen molar-refractivity contribution >= 4 is 0 Å². The van der Waals surface area contributed by atoms with Gasteiger partial charge in [-0.3, -0.25) is 0 Å². The van der Waals surface area contributed by atoms with Gasteiger partial charge < -0.3 is 0 Å². The summed E-state index contributed by atoms with van der Waals surface area (Å²) in [6, 6.07) is 0. The molecule has 0 heterocycles. The van der Waals surface area contributed by atoms with Crippen molar-refractivity contribution in [2.75, 3.05) is 6.61 Å². The second kappa shape index (κ2) is 6.66. The van der Waals surface area contributed by atoms with E-state index in [9.17, 15) is 5.11 Å². The molecule has 0 amide bonds. The van der Waals surface area contributed by atoms with E-state index < -0.39 is 0 Å². The van der Waals surface area contributed by atoms with Crippen LogP contribution < -0.4 is 0 Å². The Balaban J connectivity index is 3.35. The molecule has 0 aliphatic heterocycles. The average Bonchev–Trinajstić information content (AvgIpc) is 1.97. The smallest absolute Gasteiger partial charge is 0.0850 e. The molecule has 0 fully saturated rings. The lowest BCUT2D eigenvalue weighted by Crippen LogP contribution is -2.05. The van der Waals surface area contributed by atoms with Crippen molar-refractivity contribution in [3.8, 4) is 0 Å². The normalized spacial score (nSPS) is 13.9. The maximum atomic E-state index is 10.6. The summed E-state index contributed by atoms with van der Waals surface area (Å²) in [4.78, 5) is 0. The molecule has 0 aliphatic rings. The number of hydrogen-bond donors (Lipinski definition) is 0. The molecule has 0 aliphatic carbocycles. The molecule has 1 heteroatoms. The van der Waals surface area contributed by atoms with Crippen LogP contribution in [0.2, 0.25) is 0 Å². The molecule has 11 heavy (non-hydrogen) atoms. The van der Waals surface area contributed by atoms with Crippen LogP contribution in [0.4, 0.5) is 0 Å². The molecule has 0 bridgehead atoms. The Morgan fingerprint density at radius 2 is 1.73 bits per heavy atom. The fourth-order valence-electron chi connectivity index (χ4n) is 1.29. The van der Waals surface area contributed by atoms with Crippen LogP contribution in [0.15, 0.2) is 0 Å². The van der Waals surface area contributed by atoms with Crippen molar-refractivity contribution < 1.29 is 5.11 Å². The maximum Gasteiger partial charge on any atom is 0.0850 e. The first-order valence-electron chi connectivity index (χ1n) is 4.78. The summed E-state index contributed by atoms with van der Waals surface area (Å²) in [5.41, 5.74) is 0. The minimum atomic E-state index is 0.126. The highest BCUT2D eigenvalue weighted by atomic mass is 16.3. The van der Waals surface area contributed by atoms with Gasteiger partial charge >= 0.3 is 0 Å². The van der Waals surface area contributed by atoms with E-state index in [1.165, 1.54) is 6.42 Å². The van der Waals surface area contributed by atoms with Crippen molar-refractivity contribution in [3.63, 3.8) is 0 Å². The van der Waals surface area contributed by atoms with Gasteiger partial charge in [0.25, 0.3) is 0 Å². The molecule has 1 atom stereocenters. The predicted molar refractivity (Wildman–Crippen MR) is 48.0 cm³/mol. The highest BCUT2D eigenvalue weighted by Crippen LogP contribution is 2.16. The molecule has 0 aromatic carbocycles. The van der Waals surface area contributed by atoms with Crippen LogP contribution in [0.1, 0.15) is 46.5 Å². The zero-order chi connectivity index (χ0) is 8.69. The number of hydrogen-bond acceptors (Lipinski definition) is 0. The third-order valence-corrected chi connectivity index (χ3v) is 2.08. The quantitative estimate of drug-likeness (QED) is 0.564. The van der Waals surface area contributed by atoms with Gasteiger partial charge in [-0.2, -0.15) is 0 Å². The lowest BCUT2D eigenvalue weighted by atomic mass is 9.95. The summed E-state index contributed by atoms with van der Waals surface area (Å²) in [6.45, 7) is 6.71. The second-order valence-corrected chi connectivity index (χ2v) is 3.79. The zero-order valence-corrected chi connectivity index (χ0v) is 8.10. The largest absolute Gasteiger partial charge is 0.236 e. The first-order valence-corrected chi connectivity index (χ1v) is 4.78. The van der Waals surface area contributed by atoms with E-state index in [4.69, 9.17) is 0 Å². The van der Waals surface area contributed by atoms with Gasteiger partial charge in [-0.05, 0) is 24.7 Å². The summed E-state index contributed by atoms with van der Waals surface area (Å²) in [7, 11) is 0. The summed E-state index contributed by atoms with van der Waals surface area (Å²) in [5, 5.41) is 10.6. The maximum absolute atomic E-state index is 10.6. The van der Waals surface area contributed by atoms with Gasteiger partial charge in [0.05, 0.1) is 6.61 Å². The Morgan fingerprint density at radius 3 is 2.09 bits per heavy atom. The van der Waals surface area contributed by atoms with Crippen molar-refractivity contribution in [3.05, 3.63) is 0 Å². The fourth-order valence-corrected chi connectivity index (χ4v) is 1.29. The lowest BCUT2D eigenvalue weighted by Gasteiger charge is -2.12. The van der Waals surface area contributed by atoms with E-state index in [2.05, 4.69) is 20.8 Å². The molecule has 1 unspecified atom stereocenters. The third kappa shape index (κ3) is 6.36. The van der Waals surface area contributed by atoms with Crippen LogP contribution in [0.25, 0.3) is 0 Å². The minimum absolute atomic E-state index is 0.126. The molecule has 0 rings (SSSR count). The molecular formula is C10H21O. The third-order valence-electron chi connectivity index (χ3n) is 2.08. The standard InChI is InChI=1S/C10H21O/c1-4-5-10(8-11)7-6-9(2)3/h9-10H,4-8H2,1-3H3. The Bertz CT molecular complexity index is 78.9. The SMILES string of the molecule is CCCC(C[O])CCC(C)C. The Hall–Kier alpha value is -0.0400. The van der Waals surface area contributed by atoms with Gasteiger partial charge in [0.1, 0.15) is 0 Å². The summed E-state index contributed by atoms with van der Waals surface area (Å²) >= 11 is 0. The minimum Gasteiger partial charge on any atom is -0.236 e. The molecule has 1 radical (unpaired) electrons. The van der Waals surface area contributed by atoms with Crippen LogP contribution in [-0.2, 0) is 5.11 Å². The molecule has 1 nitrogen and oxygen atoms in total. The van der Waals surface area contributed by atoms with E-state index in [0.717, 1.165) is 25.2 Å². The Kier molecular flexibility index (Phi) is 6.63. The molecule has 0 N–H and O–H groups in total. The van der Waals surface area contributed by atoms with Gasteiger partial charge in [0.15, 0.2) is 0 Å². The van der Waals surface area contributed by atoms with Crippen LogP contribution in [0.5, 0.6) is 0 Å². The molecule has 67 valence electrons. The lowest BCUT2D eigenvalue weighted by molar-refractivity contribution is 0.130. The highest BCUT2D eigenvalue weighted by Gasteiger charge is 2.07. The second-order valence-electron chi connectivity index (χ2n) is 3.79. The Labute approximate surface area is 70.8 Å². The first-order chi connectivity index (χ1) is 5.20. The average molecular weight is 157 g/mol. The van der Waals surface area contributed by atoms with Gasteiger partial charge in [0.2, 0.25) is 0 Å². The molecule has 0 saturated heterocycles. The summed E-state index contributed by atoms with van der Waals surface area (Å²) in [6.07, 6.45) is 4.63. The summed E-state index contributed by atoms with van der Waals surface area (Å²) in [5.74, 6) is 1.20. The number of rotatable bonds is 6.